The van der Waals surface area contributed by atoms with E-state index in [1.54, 1.807) is 24.4 Å². The van der Waals surface area contributed by atoms with Gasteiger partial charge in [-0.15, -0.1) is 5.10 Å². The van der Waals surface area contributed by atoms with Gasteiger partial charge in [0.2, 0.25) is 5.88 Å². The first kappa shape index (κ1) is 28.6. The summed E-state index contributed by atoms with van der Waals surface area (Å²) < 4.78 is 49.8. The number of anilines is 2. The van der Waals surface area contributed by atoms with E-state index in [2.05, 4.69) is 38.9 Å². The number of nitrogens with one attached hydrogen (secondary N) is 2. The standard InChI is InChI=1S/C29H34F3N7O2S/c1-27(2)17-19-5-4-14-33-21-6-3-7-24(34-21)42-37-26(40)20-8-9-22(35-25(20)38(27)18-19)39-15-10-23(36-39)41-16-13-28(11-12-28)29(30,31)32/h3,6-10,15,19H,4-5,11-14,16-18H2,1-2H3,(H,33,34)(H,37,40)/t19-/m0/s1. The summed E-state index contributed by atoms with van der Waals surface area (Å²) in [5.74, 6) is 2.19. The Morgan fingerprint density at radius 3 is 2.76 bits per heavy atom. The lowest BCUT2D eigenvalue weighted by molar-refractivity contribution is -0.190. The lowest BCUT2D eigenvalue weighted by Gasteiger charge is -2.34. The van der Waals surface area contributed by atoms with Crippen LogP contribution in [0.5, 0.6) is 5.88 Å². The molecule has 1 atom stereocenters. The van der Waals surface area contributed by atoms with Gasteiger partial charge in [-0.1, -0.05) is 6.07 Å². The van der Waals surface area contributed by atoms with Crippen LogP contribution in [-0.4, -0.2) is 57.1 Å². The molecule has 0 unspecified atom stereocenters. The molecule has 2 fully saturated rings. The van der Waals surface area contributed by atoms with Gasteiger partial charge < -0.3 is 15.0 Å². The number of hydrogen-bond acceptors (Lipinski definition) is 8. The van der Waals surface area contributed by atoms with Crippen molar-refractivity contribution in [2.45, 2.75) is 69.1 Å². The minimum Gasteiger partial charge on any atom is -0.477 e. The third-order valence-corrected chi connectivity index (χ3v) is 9.20. The maximum Gasteiger partial charge on any atom is 0.394 e. The van der Waals surface area contributed by atoms with Gasteiger partial charge in [0.1, 0.15) is 16.7 Å². The predicted molar refractivity (Wildman–Crippen MR) is 154 cm³/mol. The number of halogens is 3. The van der Waals surface area contributed by atoms with Gasteiger partial charge in [-0.25, -0.2) is 14.6 Å². The quantitative estimate of drug-likeness (QED) is 0.343. The lowest BCUT2D eigenvalue weighted by atomic mass is 9.93. The summed E-state index contributed by atoms with van der Waals surface area (Å²) in [6, 6.07) is 10.7. The molecule has 42 heavy (non-hydrogen) atoms. The number of nitrogens with zero attached hydrogens (tertiary/aromatic N) is 5. The fourth-order valence-corrected chi connectivity index (χ4v) is 6.52. The van der Waals surface area contributed by atoms with Crippen molar-refractivity contribution in [1.82, 2.24) is 24.5 Å². The zero-order chi connectivity index (χ0) is 29.5. The molecule has 1 aliphatic carbocycles. The number of rotatable bonds is 5. The third-order valence-electron chi connectivity index (χ3n) is 8.47. The Kier molecular flexibility index (Phi) is 7.48. The van der Waals surface area contributed by atoms with Crippen LogP contribution in [0.4, 0.5) is 24.8 Å². The molecule has 3 aliphatic rings. The monoisotopic (exact) mass is 601 g/mol. The van der Waals surface area contributed by atoms with Crippen molar-refractivity contribution in [3.63, 3.8) is 0 Å². The highest BCUT2D eigenvalue weighted by atomic mass is 32.2. The molecule has 6 rings (SSSR count). The SMILES string of the molecule is CC1(C)C[C@@H]2CCCNc3cccc(n3)SNC(=O)c3ccc(-n4ccc(OCCC5(C(F)(F)F)CC5)n4)nc3N1C2. The molecular weight excluding hydrogens is 567 g/mol. The Morgan fingerprint density at radius 2 is 1.98 bits per heavy atom. The van der Waals surface area contributed by atoms with Gasteiger partial charge >= 0.3 is 6.18 Å². The molecule has 0 spiro atoms. The second-order valence-corrected chi connectivity index (χ2v) is 12.8. The van der Waals surface area contributed by atoms with Gasteiger partial charge in [-0.3, -0.25) is 9.52 Å². The number of aromatic nitrogens is 4. The van der Waals surface area contributed by atoms with Crippen LogP contribution in [0.1, 0.15) is 62.7 Å². The molecular formula is C29H34F3N7O2S. The molecule has 1 amide bonds. The second kappa shape index (κ2) is 11.0. The van der Waals surface area contributed by atoms with E-state index in [-0.39, 0.29) is 43.2 Å². The van der Waals surface area contributed by atoms with Crippen molar-refractivity contribution in [3.05, 3.63) is 48.2 Å². The zero-order valence-electron chi connectivity index (χ0n) is 23.6. The van der Waals surface area contributed by atoms with Crippen molar-refractivity contribution < 1.29 is 22.7 Å². The van der Waals surface area contributed by atoms with Crippen molar-refractivity contribution in [2.75, 3.05) is 29.9 Å². The summed E-state index contributed by atoms with van der Waals surface area (Å²) >= 11 is 1.15. The minimum absolute atomic E-state index is 0.0668. The number of pyridine rings is 2. The summed E-state index contributed by atoms with van der Waals surface area (Å²) in [4.78, 5) is 25.2. The predicted octanol–water partition coefficient (Wildman–Crippen LogP) is 6.02. The van der Waals surface area contributed by atoms with E-state index in [0.29, 0.717) is 28.1 Å². The van der Waals surface area contributed by atoms with Crippen LogP contribution in [0, 0.1) is 11.3 Å². The van der Waals surface area contributed by atoms with E-state index in [1.165, 1.54) is 4.68 Å². The van der Waals surface area contributed by atoms with Crippen molar-refractivity contribution in [1.29, 1.82) is 0 Å². The molecule has 4 bridgehead atoms. The van der Waals surface area contributed by atoms with Gasteiger partial charge in [0.25, 0.3) is 5.91 Å². The van der Waals surface area contributed by atoms with Gasteiger partial charge in [0.15, 0.2) is 5.82 Å². The maximum atomic E-state index is 13.5. The number of carbonyl (C=O) groups excluding carboxylic acids is 1. The number of amides is 1. The Labute approximate surface area is 246 Å². The Hall–Kier alpha value is -3.48. The van der Waals surface area contributed by atoms with Crippen LogP contribution < -0.4 is 19.7 Å². The highest BCUT2D eigenvalue weighted by Gasteiger charge is 2.62. The average Bonchev–Trinajstić information content (AvgIpc) is 3.50. The van der Waals surface area contributed by atoms with E-state index >= 15 is 0 Å². The number of alkyl halides is 3. The van der Waals surface area contributed by atoms with E-state index in [0.717, 1.165) is 50.1 Å². The summed E-state index contributed by atoms with van der Waals surface area (Å²) in [5.41, 5.74) is -1.41. The van der Waals surface area contributed by atoms with Crippen LogP contribution >= 0.6 is 11.9 Å². The Morgan fingerprint density at radius 1 is 1.14 bits per heavy atom. The van der Waals surface area contributed by atoms with E-state index in [1.807, 2.05) is 18.2 Å². The summed E-state index contributed by atoms with van der Waals surface area (Å²) in [6.07, 6.45) is 0.630. The number of ether oxygens (including phenoxy) is 1. The van der Waals surface area contributed by atoms with Crippen LogP contribution in [0.3, 0.4) is 0 Å². The van der Waals surface area contributed by atoms with Crippen molar-refractivity contribution >= 4 is 29.5 Å². The Bertz CT molecular complexity index is 1460. The minimum atomic E-state index is -4.21. The summed E-state index contributed by atoms with van der Waals surface area (Å²) in [6.45, 7) is 5.84. The molecule has 1 saturated heterocycles. The number of fused-ring (bicyclic) bond motifs is 6. The molecule has 3 aromatic heterocycles. The molecule has 13 heteroatoms. The average molecular weight is 602 g/mol. The Balaban J connectivity index is 1.25. The fourth-order valence-electron chi connectivity index (χ4n) is 5.92. The molecule has 1 saturated carbocycles. The van der Waals surface area contributed by atoms with E-state index in [4.69, 9.17) is 9.72 Å². The second-order valence-electron chi connectivity index (χ2n) is 12.0. The molecule has 224 valence electrons. The first-order valence-corrected chi connectivity index (χ1v) is 15.1. The maximum absolute atomic E-state index is 13.5. The zero-order valence-corrected chi connectivity index (χ0v) is 24.4. The number of carbonyl (C=O) groups is 1. The highest BCUT2D eigenvalue weighted by molar-refractivity contribution is 7.97. The van der Waals surface area contributed by atoms with Crippen LogP contribution in [0.15, 0.2) is 47.6 Å². The van der Waals surface area contributed by atoms with Gasteiger partial charge in [-0.05, 0) is 82.6 Å². The van der Waals surface area contributed by atoms with Crippen molar-refractivity contribution in [2.24, 2.45) is 11.3 Å². The van der Waals surface area contributed by atoms with Gasteiger partial charge in [0.05, 0.1) is 17.6 Å². The van der Waals surface area contributed by atoms with Crippen LogP contribution in [0.25, 0.3) is 5.82 Å². The fraction of sp³-hybridized carbons (Fsp3) is 0.517. The highest BCUT2D eigenvalue weighted by Crippen LogP contribution is 2.59. The molecule has 2 N–H and O–H groups in total. The van der Waals surface area contributed by atoms with Crippen LogP contribution in [-0.2, 0) is 0 Å². The summed E-state index contributed by atoms with van der Waals surface area (Å²) in [5, 5.41) is 8.47. The first-order valence-electron chi connectivity index (χ1n) is 14.3. The van der Waals surface area contributed by atoms with E-state index < -0.39 is 11.6 Å². The molecule has 0 aromatic carbocycles. The number of hydrogen-bond donors (Lipinski definition) is 2. The third kappa shape index (κ3) is 5.88. The first-order chi connectivity index (χ1) is 20.0. The lowest BCUT2D eigenvalue weighted by Crippen LogP contribution is -2.40. The molecule has 5 heterocycles. The van der Waals surface area contributed by atoms with Gasteiger partial charge in [-0.2, -0.15) is 13.2 Å². The normalized spacial score (nSPS) is 21.4. The summed E-state index contributed by atoms with van der Waals surface area (Å²) in [7, 11) is 0. The van der Waals surface area contributed by atoms with Gasteiger partial charge in [0, 0.05) is 42.8 Å². The molecule has 2 aliphatic heterocycles. The smallest absolute Gasteiger partial charge is 0.394 e. The largest absolute Gasteiger partial charge is 0.477 e. The van der Waals surface area contributed by atoms with E-state index in [9.17, 15) is 18.0 Å². The topological polar surface area (TPSA) is 97.2 Å². The van der Waals surface area contributed by atoms with Crippen molar-refractivity contribution in [3.8, 4) is 11.7 Å². The molecule has 3 aromatic rings. The molecule has 9 nitrogen and oxygen atoms in total. The molecule has 0 radical (unpaired) electrons. The van der Waals surface area contributed by atoms with Crippen LogP contribution in [0.2, 0.25) is 0 Å².